The maximum absolute atomic E-state index is 9.80. The summed E-state index contributed by atoms with van der Waals surface area (Å²) in [7, 11) is 1.63. The van der Waals surface area contributed by atoms with E-state index in [4.69, 9.17) is 9.47 Å². The Kier molecular flexibility index (Phi) is 6.19. The van der Waals surface area contributed by atoms with Gasteiger partial charge in [0.2, 0.25) is 0 Å². The van der Waals surface area contributed by atoms with Gasteiger partial charge < -0.3 is 14.6 Å². The molecule has 1 unspecified atom stereocenters. The quantitative estimate of drug-likeness (QED) is 0.737. The highest BCUT2D eigenvalue weighted by atomic mass is 16.5. The van der Waals surface area contributed by atoms with Crippen LogP contribution in [-0.2, 0) is 15.9 Å². The monoisotopic (exact) mass is 238 g/mol. The molecule has 0 aliphatic heterocycles. The first-order chi connectivity index (χ1) is 8.13. The smallest absolute Gasteiger partial charge is 0.0813 e. The molecule has 1 aromatic carbocycles. The number of aliphatic hydroxyl groups is 1. The van der Waals surface area contributed by atoms with Gasteiger partial charge in [-0.25, -0.2) is 0 Å². The van der Waals surface area contributed by atoms with Crippen molar-refractivity contribution >= 4 is 0 Å². The van der Waals surface area contributed by atoms with Crippen LogP contribution in [0.4, 0.5) is 0 Å². The van der Waals surface area contributed by atoms with Gasteiger partial charge >= 0.3 is 0 Å². The van der Waals surface area contributed by atoms with Crippen LogP contribution in [0.15, 0.2) is 18.2 Å². The lowest BCUT2D eigenvalue weighted by molar-refractivity contribution is 0.0137. The topological polar surface area (TPSA) is 38.7 Å². The highest BCUT2D eigenvalue weighted by molar-refractivity contribution is 5.30. The highest BCUT2D eigenvalue weighted by Gasteiger charge is 2.06. The second-order valence-corrected chi connectivity index (χ2v) is 4.34. The second-order valence-electron chi connectivity index (χ2n) is 4.34. The van der Waals surface area contributed by atoms with Gasteiger partial charge in [0.25, 0.3) is 0 Å². The van der Waals surface area contributed by atoms with E-state index in [1.165, 1.54) is 11.1 Å². The Morgan fingerprint density at radius 3 is 2.59 bits per heavy atom. The van der Waals surface area contributed by atoms with Crippen LogP contribution in [0.5, 0.6) is 0 Å². The fourth-order valence-corrected chi connectivity index (χ4v) is 1.62. The summed E-state index contributed by atoms with van der Waals surface area (Å²) >= 11 is 0. The Bertz CT molecular complexity index is 336. The van der Waals surface area contributed by atoms with E-state index in [0.29, 0.717) is 26.2 Å². The minimum absolute atomic E-state index is 0.357. The predicted octanol–water partition coefficient (Wildman–Crippen LogP) is 1.87. The third kappa shape index (κ3) is 5.31. The number of hydrogen-bond donors (Lipinski definition) is 1. The normalized spacial score (nSPS) is 12.7. The zero-order valence-corrected chi connectivity index (χ0v) is 10.9. The molecule has 0 heterocycles. The fraction of sp³-hybridized carbons (Fsp3) is 0.571. The molecule has 1 N–H and O–H groups in total. The molecule has 0 amide bonds. The maximum Gasteiger partial charge on any atom is 0.0813 e. The Labute approximate surface area is 103 Å². The van der Waals surface area contributed by atoms with Crippen molar-refractivity contribution in [2.75, 3.05) is 26.9 Å². The van der Waals surface area contributed by atoms with Gasteiger partial charge in [0.05, 0.1) is 25.9 Å². The summed E-state index contributed by atoms with van der Waals surface area (Å²) in [6, 6.07) is 6.26. The molecule has 0 radical (unpaired) electrons. The molecule has 0 aromatic heterocycles. The van der Waals surface area contributed by atoms with E-state index >= 15 is 0 Å². The van der Waals surface area contributed by atoms with Crippen LogP contribution < -0.4 is 0 Å². The first-order valence-electron chi connectivity index (χ1n) is 5.94. The Hall–Kier alpha value is -0.900. The molecule has 96 valence electrons. The molecule has 0 fully saturated rings. The lowest BCUT2D eigenvalue weighted by atomic mass is 10.0. The zero-order valence-electron chi connectivity index (χ0n) is 10.9. The first-order valence-corrected chi connectivity index (χ1v) is 5.94. The standard InChI is InChI=1S/C14H22O3/c1-11-4-5-13(8-12(11)2)9-14(15)10-17-7-6-16-3/h4-5,8,14-15H,6-7,9-10H2,1-3H3. The van der Waals surface area contributed by atoms with Crippen molar-refractivity contribution in [2.45, 2.75) is 26.4 Å². The van der Waals surface area contributed by atoms with Gasteiger partial charge in [0, 0.05) is 13.5 Å². The third-order valence-corrected chi connectivity index (χ3v) is 2.78. The van der Waals surface area contributed by atoms with E-state index in [1.807, 2.05) is 0 Å². The van der Waals surface area contributed by atoms with Crippen molar-refractivity contribution in [3.05, 3.63) is 34.9 Å². The van der Waals surface area contributed by atoms with E-state index in [9.17, 15) is 5.11 Å². The largest absolute Gasteiger partial charge is 0.390 e. The molecule has 0 bridgehead atoms. The van der Waals surface area contributed by atoms with Crippen LogP contribution in [0.2, 0.25) is 0 Å². The SMILES string of the molecule is COCCOCC(O)Cc1ccc(C)c(C)c1. The number of ether oxygens (including phenoxy) is 2. The average Bonchev–Trinajstić information content (AvgIpc) is 2.30. The molecular weight excluding hydrogens is 216 g/mol. The van der Waals surface area contributed by atoms with Gasteiger partial charge in [-0.05, 0) is 30.5 Å². The summed E-state index contributed by atoms with van der Waals surface area (Å²) in [6.07, 6.45) is 0.183. The summed E-state index contributed by atoms with van der Waals surface area (Å²) < 4.78 is 10.2. The summed E-state index contributed by atoms with van der Waals surface area (Å²) in [4.78, 5) is 0. The van der Waals surface area contributed by atoms with Crippen molar-refractivity contribution in [1.82, 2.24) is 0 Å². The number of rotatable bonds is 7. The second kappa shape index (κ2) is 7.43. The average molecular weight is 238 g/mol. The number of aliphatic hydroxyl groups excluding tert-OH is 1. The third-order valence-electron chi connectivity index (χ3n) is 2.78. The van der Waals surface area contributed by atoms with Crippen molar-refractivity contribution in [3.63, 3.8) is 0 Å². The summed E-state index contributed by atoms with van der Waals surface area (Å²) in [5.74, 6) is 0. The molecule has 17 heavy (non-hydrogen) atoms. The lowest BCUT2D eigenvalue weighted by Gasteiger charge is -2.12. The Balaban J connectivity index is 2.34. The molecule has 3 heteroatoms. The van der Waals surface area contributed by atoms with Crippen molar-refractivity contribution < 1.29 is 14.6 Å². The molecular formula is C14H22O3. The van der Waals surface area contributed by atoms with Crippen LogP contribution in [-0.4, -0.2) is 38.1 Å². The number of aryl methyl sites for hydroxylation is 2. The molecule has 1 rings (SSSR count). The minimum atomic E-state index is -0.450. The van der Waals surface area contributed by atoms with Gasteiger partial charge in [0.15, 0.2) is 0 Å². The maximum atomic E-state index is 9.80. The fourth-order valence-electron chi connectivity index (χ4n) is 1.62. The zero-order chi connectivity index (χ0) is 12.7. The van der Waals surface area contributed by atoms with Crippen molar-refractivity contribution in [1.29, 1.82) is 0 Å². The van der Waals surface area contributed by atoms with Crippen molar-refractivity contribution in [2.24, 2.45) is 0 Å². The van der Waals surface area contributed by atoms with E-state index in [0.717, 1.165) is 5.56 Å². The molecule has 0 saturated heterocycles. The predicted molar refractivity (Wildman–Crippen MR) is 68.3 cm³/mol. The molecule has 0 aliphatic carbocycles. The van der Waals surface area contributed by atoms with Crippen LogP contribution in [0.3, 0.4) is 0 Å². The summed E-state index contributed by atoms with van der Waals surface area (Å²) in [5, 5.41) is 9.80. The van der Waals surface area contributed by atoms with E-state index < -0.39 is 6.10 Å². The van der Waals surface area contributed by atoms with Crippen LogP contribution in [0.1, 0.15) is 16.7 Å². The highest BCUT2D eigenvalue weighted by Crippen LogP contribution is 2.11. The van der Waals surface area contributed by atoms with Crippen LogP contribution >= 0.6 is 0 Å². The van der Waals surface area contributed by atoms with Gasteiger partial charge in [-0.3, -0.25) is 0 Å². The molecule has 1 atom stereocenters. The summed E-state index contributed by atoms with van der Waals surface area (Å²) in [5.41, 5.74) is 3.69. The van der Waals surface area contributed by atoms with Crippen molar-refractivity contribution in [3.8, 4) is 0 Å². The number of benzene rings is 1. The van der Waals surface area contributed by atoms with E-state index in [1.54, 1.807) is 7.11 Å². The molecule has 3 nitrogen and oxygen atoms in total. The van der Waals surface area contributed by atoms with E-state index in [2.05, 4.69) is 32.0 Å². The number of methoxy groups -OCH3 is 1. The summed E-state index contributed by atoms with van der Waals surface area (Å²) in [6.45, 7) is 5.62. The van der Waals surface area contributed by atoms with Gasteiger partial charge in [-0.15, -0.1) is 0 Å². The van der Waals surface area contributed by atoms with Crippen LogP contribution in [0.25, 0.3) is 0 Å². The lowest BCUT2D eigenvalue weighted by Crippen LogP contribution is -2.19. The van der Waals surface area contributed by atoms with E-state index in [-0.39, 0.29) is 0 Å². The molecule has 0 aliphatic rings. The van der Waals surface area contributed by atoms with Gasteiger partial charge in [-0.2, -0.15) is 0 Å². The molecule has 1 aromatic rings. The minimum Gasteiger partial charge on any atom is -0.390 e. The first kappa shape index (κ1) is 14.2. The number of hydrogen-bond acceptors (Lipinski definition) is 3. The van der Waals surface area contributed by atoms with Crippen LogP contribution in [0, 0.1) is 13.8 Å². The Morgan fingerprint density at radius 1 is 1.18 bits per heavy atom. The molecule has 0 saturated carbocycles. The Morgan fingerprint density at radius 2 is 1.94 bits per heavy atom. The van der Waals surface area contributed by atoms with Gasteiger partial charge in [0.1, 0.15) is 0 Å². The molecule has 0 spiro atoms. The van der Waals surface area contributed by atoms with Gasteiger partial charge in [-0.1, -0.05) is 18.2 Å².